The van der Waals surface area contributed by atoms with Gasteiger partial charge in [-0.25, -0.2) is 4.79 Å². The molecular formula is C9H18N4O2. The van der Waals surface area contributed by atoms with Gasteiger partial charge in [-0.15, -0.1) is 0 Å². The minimum atomic E-state index is -0.604. The highest BCUT2D eigenvalue weighted by Gasteiger charge is 2.35. The summed E-state index contributed by atoms with van der Waals surface area (Å²) in [6, 6.07) is 0. The molecule has 0 spiro atoms. The van der Waals surface area contributed by atoms with E-state index in [0.29, 0.717) is 0 Å². The van der Waals surface area contributed by atoms with Crippen molar-refractivity contribution in [1.29, 1.82) is 0 Å². The SMILES string of the molecule is CCOC(=O)C(=[N+]=[N-])C(N(C)C)N(C)C. The molecule has 0 aliphatic heterocycles. The van der Waals surface area contributed by atoms with E-state index in [1.165, 1.54) is 0 Å². The lowest BCUT2D eigenvalue weighted by molar-refractivity contribution is -0.141. The molecule has 0 atom stereocenters. The monoisotopic (exact) mass is 214 g/mol. The zero-order valence-corrected chi connectivity index (χ0v) is 9.89. The highest BCUT2D eigenvalue weighted by Crippen LogP contribution is 2.00. The third kappa shape index (κ3) is 3.79. The summed E-state index contributed by atoms with van der Waals surface area (Å²) < 4.78 is 4.79. The highest BCUT2D eigenvalue weighted by molar-refractivity contribution is 6.35. The van der Waals surface area contributed by atoms with Crippen LogP contribution in [0.4, 0.5) is 0 Å². The molecule has 15 heavy (non-hydrogen) atoms. The van der Waals surface area contributed by atoms with Crippen LogP contribution in [-0.4, -0.2) is 67.2 Å². The number of esters is 1. The molecule has 0 heterocycles. The van der Waals surface area contributed by atoms with Crippen molar-refractivity contribution in [2.24, 2.45) is 0 Å². The second-order valence-electron chi connectivity index (χ2n) is 3.51. The zero-order chi connectivity index (χ0) is 12.0. The third-order valence-electron chi connectivity index (χ3n) is 1.82. The first kappa shape index (κ1) is 13.8. The molecule has 6 nitrogen and oxygen atoms in total. The highest BCUT2D eigenvalue weighted by atomic mass is 16.5. The minimum absolute atomic E-state index is 0.0214. The van der Waals surface area contributed by atoms with Gasteiger partial charge in [0.1, 0.15) is 0 Å². The van der Waals surface area contributed by atoms with Crippen molar-refractivity contribution in [3.63, 3.8) is 0 Å². The molecule has 0 saturated carbocycles. The first-order valence-corrected chi connectivity index (χ1v) is 4.67. The van der Waals surface area contributed by atoms with Crippen molar-refractivity contribution in [2.45, 2.75) is 13.1 Å². The van der Waals surface area contributed by atoms with E-state index in [-0.39, 0.29) is 12.3 Å². The van der Waals surface area contributed by atoms with Crippen LogP contribution >= 0.6 is 0 Å². The van der Waals surface area contributed by atoms with Crippen LogP contribution in [0.2, 0.25) is 0 Å². The summed E-state index contributed by atoms with van der Waals surface area (Å²) in [7, 11) is 7.15. The molecule has 0 aliphatic rings. The topological polar surface area (TPSA) is 69.2 Å². The van der Waals surface area contributed by atoms with E-state index in [9.17, 15) is 4.79 Å². The van der Waals surface area contributed by atoms with Crippen molar-refractivity contribution in [3.05, 3.63) is 5.53 Å². The molecule has 0 unspecified atom stereocenters. The first-order valence-electron chi connectivity index (χ1n) is 4.67. The summed E-state index contributed by atoms with van der Waals surface area (Å²) in [6.45, 7) is 1.96. The van der Waals surface area contributed by atoms with E-state index in [1.807, 2.05) is 0 Å². The van der Waals surface area contributed by atoms with Crippen LogP contribution in [0.25, 0.3) is 5.53 Å². The fraction of sp³-hybridized carbons (Fsp3) is 0.778. The Hall–Kier alpha value is -1.23. The van der Waals surface area contributed by atoms with Crippen LogP contribution < -0.4 is 0 Å². The summed E-state index contributed by atoms with van der Waals surface area (Å²) in [5, 5.41) is 0. The second-order valence-corrected chi connectivity index (χ2v) is 3.51. The molecule has 0 N–H and O–H groups in total. The summed E-state index contributed by atoms with van der Waals surface area (Å²) in [5.74, 6) is -0.604. The molecule has 0 radical (unpaired) electrons. The Balaban J connectivity index is 4.93. The average Bonchev–Trinajstić information content (AvgIpc) is 2.12. The number of hydrogen-bond acceptors (Lipinski definition) is 4. The Labute approximate surface area is 90.0 Å². The quantitative estimate of drug-likeness (QED) is 0.206. The molecule has 0 saturated heterocycles. The van der Waals surface area contributed by atoms with E-state index in [1.54, 1.807) is 44.9 Å². The molecule has 0 aromatic rings. The minimum Gasteiger partial charge on any atom is -0.457 e. The lowest BCUT2D eigenvalue weighted by atomic mass is 10.2. The van der Waals surface area contributed by atoms with Crippen LogP contribution in [0.1, 0.15) is 6.92 Å². The standard InChI is InChI=1S/C9H18N4O2/c1-6-15-9(14)7(11-10)8(12(2)3)13(4)5/h8H,6H2,1-5H3. The van der Waals surface area contributed by atoms with E-state index >= 15 is 0 Å². The lowest BCUT2D eigenvalue weighted by Crippen LogP contribution is -2.50. The van der Waals surface area contributed by atoms with Crippen molar-refractivity contribution < 1.29 is 14.3 Å². The van der Waals surface area contributed by atoms with E-state index in [2.05, 4.69) is 4.79 Å². The molecule has 0 rings (SSSR count). The van der Waals surface area contributed by atoms with Gasteiger partial charge in [-0.2, -0.15) is 4.79 Å². The maximum absolute atomic E-state index is 11.5. The van der Waals surface area contributed by atoms with Gasteiger partial charge in [0, 0.05) is 0 Å². The van der Waals surface area contributed by atoms with E-state index < -0.39 is 12.1 Å². The number of carbonyl (C=O) groups is 1. The van der Waals surface area contributed by atoms with Crippen LogP contribution in [0.15, 0.2) is 0 Å². The molecule has 0 amide bonds. The first-order chi connectivity index (χ1) is 6.95. The Morgan fingerprint density at radius 3 is 2.07 bits per heavy atom. The fourth-order valence-corrected chi connectivity index (χ4v) is 1.35. The maximum Gasteiger partial charge on any atom is 0.420 e. The summed E-state index contributed by atoms with van der Waals surface area (Å²) in [5.41, 5.74) is 8.80. The smallest absolute Gasteiger partial charge is 0.420 e. The number of carbonyl (C=O) groups excluding carboxylic acids is 1. The number of rotatable bonds is 5. The van der Waals surface area contributed by atoms with Gasteiger partial charge in [-0.1, -0.05) is 0 Å². The van der Waals surface area contributed by atoms with Gasteiger partial charge in [0.15, 0.2) is 6.17 Å². The van der Waals surface area contributed by atoms with Crippen molar-refractivity contribution >= 4 is 11.7 Å². The molecular weight excluding hydrogens is 196 g/mol. The molecule has 0 aromatic heterocycles. The largest absolute Gasteiger partial charge is 0.457 e. The zero-order valence-electron chi connectivity index (χ0n) is 9.89. The number of hydrogen-bond donors (Lipinski definition) is 0. The average molecular weight is 214 g/mol. The normalized spacial score (nSPS) is 10.7. The Kier molecular flexibility index (Phi) is 5.77. The van der Waals surface area contributed by atoms with Crippen molar-refractivity contribution in [2.75, 3.05) is 34.8 Å². The van der Waals surface area contributed by atoms with Gasteiger partial charge in [0.2, 0.25) is 0 Å². The molecule has 0 bridgehead atoms. The van der Waals surface area contributed by atoms with Crippen molar-refractivity contribution in [1.82, 2.24) is 9.80 Å². The number of nitrogens with zero attached hydrogens (tertiary/aromatic N) is 4. The van der Waals surface area contributed by atoms with Gasteiger partial charge >= 0.3 is 11.7 Å². The van der Waals surface area contributed by atoms with Crippen LogP contribution in [0, 0.1) is 0 Å². The number of ether oxygens (including phenoxy) is 1. The van der Waals surface area contributed by atoms with E-state index in [0.717, 1.165) is 0 Å². The van der Waals surface area contributed by atoms with Crippen LogP contribution in [-0.2, 0) is 9.53 Å². The summed E-state index contributed by atoms with van der Waals surface area (Å²) in [6.07, 6.45) is -0.408. The molecule has 6 heteroatoms. The van der Waals surface area contributed by atoms with Crippen molar-refractivity contribution in [3.8, 4) is 0 Å². The second kappa shape index (κ2) is 6.29. The van der Waals surface area contributed by atoms with Crippen LogP contribution in [0.5, 0.6) is 0 Å². The molecule has 86 valence electrons. The Morgan fingerprint density at radius 1 is 1.33 bits per heavy atom. The van der Waals surface area contributed by atoms with Gasteiger partial charge in [0.05, 0.1) is 6.61 Å². The Morgan fingerprint density at radius 2 is 1.80 bits per heavy atom. The predicted octanol–water partition coefficient (Wildman–Crippen LogP) is -0.330. The van der Waals surface area contributed by atoms with E-state index in [4.69, 9.17) is 10.3 Å². The lowest BCUT2D eigenvalue weighted by Gasteiger charge is -2.25. The molecule has 0 aliphatic carbocycles. The van der Waals surface area contributed by atoms with Gasteiger partial charge in [0.25, 0.3) is 0 Å². The molecule has 0 fully saturated rings. The van der Waals surface area contributed by atoms with Gasteiger partial charge < -0.3 is 10.3 Å². The Bertz CT molecular complexity index is 261. The van der Waals surface area contributed by atoms with Gasteiger partial charge in [-0.3, -0.25) is 9.80 Å². The van der Waals surface area contributed by atoms with Gasteiger partial charge in [-0.05, 0) is 35.1 Å². The fourth-order valence-electron chi connectivity index (χ4n) is 1.35. The summed E-state index contributed by atoms with van der Waals surface area (Å²) >= 11 is 0. The third-order valence-corrected chi connectivity index (χ3v) is 1.82. The summed E-state index contributed by atoms with van der Waals surface area (Å²) in [4.78, 5) is 18.0. The molecule has 0 aromatic carbocycles. The van der Waals surface area contributed by atoms with Crippen LogP contribution in [0.3, 0.4) is 0 Å². The predicted molar refractivity (Wildman–Crippen MR) is 56.4 cm³/mol. The maximum atomic E-state index is 11.5.